The Morgan fingerprint density at radius 2 is 2.09 bits per heavy atom. The SMILES string of the molecule is C[C@]1(C(=O)N[C@H]2C=CCC2)CC(c2cc(F)cc(F)c2)=NO1. The molecule has 0 spiro atoms. The lowest BCUT2D eigenvalue weighted by molar-refractivity contribution is -0.142. The lowest BCUT2D eigenvalue weighted by atomic mass is 9.94. The number of hydrogen-bond acceptors (Lipinski definition) is 3. The Balaban J connectivity index is 1.71. The number of carbonyl (C=O) groups is 1. The number of oxime groups is 1. The van der Waals surface area contributed by atoms with Crippen molar-refractivity contribution in [3.05, 3.63) is 47.5 Å². The van der Waals surface area contributed by atoms with Gasteiger partial charge in [-0.3, -0.25) is 4.79 Å². The highest BCUT2D eigenvalue weighted by Gasteiger charge is 2.43. The molecular weight excluding hydrogens is 290 g/mol. The standard InChI is InChI=1S/C16H16F2N2O2/c1-16(15(21)19-13-4-2-3-5-13)9-14(20-22-16)10-6-11(17)8-12(18)7-10/h2,4,6-8,13H,3,5,9H2,1H3,(H,19,21)/t13-,16+/m0/s1. The molecule has 4 nitrogen and oxygen atoms in total. The number of benzene rings is 1. The van der Waals surface area contributed by atoms with Crippen molar-refractivity contribution in [2.24, 2.45) is 5.16 Å². The fourth-order valence-corrected chi connectivity index (χ4v) is 2.61. The van der Waals surface area contributed by atoms with Gasteiger partial charge in [0.05, 0.1) is 5.71 Å². The number of amides is 1. The van der Waals surface area contributed by atoms with Crippen LogP contribution in [0.5, 0.6) is 0 Å². The van der Waals surface area contributed by atoms with Gasteiger partial charge in [-0.1, -0.05) is 17.3 Å². The first-order valence-electron chi connectivity index (χ1n) is 7.15. The van der Waals surface area contributed by atoms with Crippen molar-refractivity contribution in [2.45, 2.75) is 37.8 Å². The zero-order valence-corrected chi connectivity index (χ0v) is 12.1. The number of hydrogen-bond donors (Lipinski definition) is 1. The summed E-state index contributed by atoms with van der Waals surface area (Å²) in [4.78, 5) is 17.6. The van der Waals surface area contributed by atoms with Crippen LogP contribution in [-0.2, 0) is 9.63 Å². The molecule has 1 aromatic carbocycles. The number of allylic oxidation sites excluding steroid dienone is 1. The Morgan fingerprint density at radius 3 is 2.73 bits per heavy atom. The van der Waals surface area contributed by atoms with Crippen LogP contribution in [0.2, 0.25) is 0 Å². The Kier molecular flexibility index (Phi) is 3.68. The first kappa shape index (κ1) is 14.7. The van der Waals surface area contributed by atoms with E-state index in [1.807, 2.05) is 12.2 Å². The predicted molar refractivity (Wildman–Crippen MR) is 77.3 cm³/mol. The summed E-state index contributed by atoms with van der Waals surface area (Å²) in [7, 11) is 0. The molecule has 1 aliphatic heterocycles. The second kappa shape index (κ2) is 5.51. The molecule has 6 heteroatoms. The van der Waals surface area contributed by atoms with E-state index in [1.165, 1.54) is 12.1 Å². The minimum atomic E-state index is -1.16. The van der Waals surface area contributed by atoms with Gasteiger partial charge in [-0.05, 0) is 31.9 Å². The van der Waals surface area contributed by atoms with Crippen LogP contribution in [0.3, 0.4) is 0 Å². The maximum Gasteiger partial charge on any atom is 0.267 e. The summed E-state index contributed by atoms with van der Waals surface area (Å²) >= 11 is 0. The van der Waals surface area contributed by atoms with Crippen LogP contribution in [0.15, 0.2) is 35.5 Å². The third kappa shape index (κ3) is 2.86. The van der Waals surface area contributed by atoms with Gasteiger partial charge in [-0.15, -0.1) is 0 Å². The third-order valence-electron chi connectivity index (χ3n) is 3.87. The van der Waals surface area contributed by atoms with E-state index in [0.29, 0.717) is 5.71 Å². The second-order valence-corrected chi connectivity index (χ2v) is 5.78. The molecule has 1 N–H and O–H groups in total. The summed E-state index contributed by atoms with van der Waals surface area (Å²) in [5.74, 6) is -1.65. The fourth-order valence-electron chi connectivity index (χ4n) is 2.61. The molecule has 1 heterocycles. The summed E-state index contributed by atoms with van der Waals surface area (Å²) in [5, 5.41) is 6.73. The van der Waals surface area contributed by atoms with Gasteiger partial charge in [-0.25, -0.2) is 8.78 Å². The third-order valence-corrected chi connectivity index (χ3v) is 3.87. The molecule has 0 fully saturated rings. The molecule has 1 aliphatic carbocycles. The maximum absolute atomic E-state index is 13.3. The average Bonchev–Trinajstić information content (AvgIpc) is 3.08. The Hall–Kier alpha value is -2.24. The highest BCUT2D eigenvalue weighted by molar-refractivity contribution is 6.05. The molecule has 116 valence electrons. The van der Waals surface area contributed by atoms with Crippen LogP contribution in [0.4, 0.5) is 8.78 Å². The lowest BCUT2D eigenvalue weighted by Gasteiger charge is -2.22. The Bertz CT molecular complexity index is 652. The molecule has 1 amide bonds. The van der Waals surface area contributed by atoms with Gasteiger partial charge in [0.15, 0.2) is 0 Å². The molecule has 22 heavy (non-hydrogen) atoms. The normalized spacial score (nSPS) is 26.7. The first-order valence-corrected chi connectivity index (χ1v) is 7.15. The topological polar surface area (TPSA) is 50.7 Å². The lowest BCUT2D eigenvalue weighted by Crippen LogP contribution is -2.47. The minimum Gasteiger partial charge on any atom is -0.379 e. The number of nitrogens with one attached hydrogen (secondary N) is 1. The zero-order valence-electron chi connectivity index (χ0n) is 12.1. The van der Waals surface area contributed by atoms with Crippen LogP contribution < -0.4 is 5.32 Å². The van der Waals surface area contributed by atoms with Crippen LogP contribution in [-0.4, -0.2) is 23.3 Å². The van der Waals surface area contributed by atoms with Crippen molar-refractivity contribution < 1.29 is 18.4 Å². The van der Waals surface area contributed by atoms with Gasteiger partial charge in [0.25, 0.3) is 5.91 Å². The van der Waals surface area contributed by atoms with E-state index in [-0.39, 0.29) is 23.9 Å². The van der Waals surface area contributed by atoms with Gasteiger partial charge in [0.2, 0.25) is 5.60 Å². The van der Waals surface area contributed by atoms with Crippen molar-refractivity contribution >= 4 is 11.6 Å². The summed E-state index contributed by atoms with van der Waals surface area (Å²) in [5.41, 5.74) is -0.512. The average molecular weight is 306 g/mol. The van der Waals surface area contributed by atoms with Gasteiger partial charge in [0.1, 0.15) is 11.6 Å². The molecule has 0 aromatic heterocycles. The minimum absolute atomic E-state index is 0.00332. The van der Waals surface area contributed by atoms with E-state index in [0.717, 1.165) is 18.9 Å². The van der Waals surface area contributed by atoms with Crippen molar-refractivity contribution in [3.63, 3.8) is 0 Å². The Morgan fingerprint density at radius 1 is 1.36 bits per heavy atom. The molecule has 0 unspecified atom stereocenters. The van der Waals surface area contributed by atoms with E-state index in [2.05, 4.69) is 10.5 Å². The smallest absolute Gasteiger partial charge is 0.267 e. The van der Waals surface area contributed by atoms with E-state index in [4.69, 9.17) is 4.84 Å². The van der Waals surface area contributed by atoms with Crippen molar-refractivity contribution in [1.82, 2.24) is 5.32 Å². The summed E-state index contributed by atoms with van der Waals surface area (Å²) in [6, 6.07) is 3.14. The van der Waals surface area contributed by atoms with E-state index in [1.54, 1.807) is 6.92 Å². The molecule has 1 aromatic rings. The molecule has 2 aliphatic rings. The molecule has 2 atom stereocenters. The van der Waals surface area contributed by atoms with E-state index >= 15 is 0 Å². The fraction of sp³-hybridized carbons (Fsp3) is 0.375. The van der Waals surface area contributed by atoms with Crippen LogP contribution >= 0.6 is 0 Å². The zero-order chi connectivity index (χ0) is 15.7. The molecule has 0 saturated heterocycles. The van der Waals surface area contributed by atoms with Gasteiger partial charge in [0, 0.05) is 24.1 Å². The molecule has 0 saturated carbocycles. The van der Waals surface area contributed by atoms with Crippen molar-refractivity contribution in [2.75, 3.05) is 0 Å². The van der Waals surface area contributed by atoms with Crippen molar-refractivity contribution in [3.8, 4) is 0 Å². The largest absolute Gasteiger partial charge is 0.379 e. The number of nitrogens with zero attached hydrogens (tertiary/aromatic N) is 1. The second-order valence-electron chi connectivity index (χ2n) is 5.78. The highest BCUT2D eigenvalue weighted by atomic mass is 19.1. The van der Waals surface area contributed by atoms with Crippen LogP contribution in [0.25, 0.3) is 0 Å². The highest BCUT2D eigenvalue weighted by Crippen LogP contribution is 2.28. The molecule has 0 radical (unpaired) electrons. The summed E-state index contributed by atoms with van der Waals surface area (Å²) in [6.45, 7) is 1.62. The number of halogens is 2. The molecular formula is C16H16F2N2O2. The molecule has 0 bridgehead atoms. The van der Waals surface area contributed by atoms with E-state index < -0.39 is 17.2 Å². The Labute approximate surface area is 126 Å². The van der Waals surface area contributed by atoms with Gasteiger partial charge < -0.3 is 10.2 Å². The maximum atomic E-state index is 13.3. The van der Waals surface area contributed by atoms with Crippen LogP contribution in [0, 0.1) is 11.6 Å². The van der Waals surface area contributed by atoms with Gasteiger partial charge in [-0.2, -0.15) is 0 Å². The molecule has 3 rings (SSSR count). The van der Waals surface area contributed by atoms with E-state index in [9.17, 15) is 13.6 Å². The number of carbonyl (C=O) groups excluding carboxylic acids is 1. The predicted octanol–water partition coefficient (Wildman–Crippen LogP) is 2.68. The van der Waals surface area contributed by atoms with Crippen molar-refractivity contribution in [1.29, 1.82) is 0 Å². The van der Waals surface area contributed by atoms with Crippen LogP contribution in [0.1, 0.15) is 31.7 Å². The summed E-state index contributed by atoms with van der Waals surface area (Å²) < 4.78 is 26.6. The van der Waals surface area contributed by atoms with Gasteiger partial charge >= 0.3 is 0 Å². The first-order chi connectivity index (χ1) is 10.5. The number of rotatable bonds is 3. The monoisotopic (exact) mass is 306 g/mol. The quantitative estimate of drug-likeness (QED) is 0.873. The summed E-state index contributed by atoms with van der Waals surface area (Å²) in [6.07, 6.45) is 5.93.